The van der Waals surface area contributed by atoms with Crippen molar-refractivity contribution in [2.24, 2.45) is 5.92 Å². The lowest BCUT2D eigenvalue weighted by atomic mass is 9.98. The summed E-state index contributed by atoms with van der Waals surface area (Å²) in [5.74, 6) is 0.873. The highest BCUT2D eigenvalue weighted by atomic mass is 15.1. The van der Waals surface area contributed by atoms with E-state index in [2.05, 4.69) is 30.0 Å². The number of nitriles is 1. The standard InChI is InChI=1S/C16H23N3/c1-2-13-4-3-10-19(11-8-13)15-5-6-16(18)14(12-15)7-9-17/h5-6,12-13H,2-4,7-8,10-11,18H2,1H3. The number of nitrogens with zero attached hydrogens (tertiary/aromatic N) is 2. The molecule has 0 amide bonds. The van der Waals surface area contributed by atoms with Crippen LogP contribution in [0.4, 0.5) is 11.4 Å². The Morgan fingerprint density at radius 1 is 1.37 bits per heavy atom. The summed E-state index contributed by atoms with van der Waals surface area (Å²) in [5, 5.41) is 8.84. The van der Waals surface area contributed by atoms with Crippen molar-refractivity contribution in [2.75, 3.05) is 23.7 Å². The summed E-state index contributed by atoms with van der Waals surface area (Å²) in [6, 6.07) is 8.29. The highest BCUT2D eigenvalue weighted by Gasteiger charge is 2.16. The number of hydrogen-bond acceptors (Lipinski definition) is 3. The lowest BCUT2D eigenvalue weighted by molar-refractivity contribution is 0.459. The van der Waals surface area contributed by atoms with Gasteiger partial charge in [0.1, 0.15) is 0 Å². The van der Waals surface area contributed by atoms with Crippen molar-refractivity contribution >= 4 is 11.4 Å². The lowest BCUT2D eigenvalue weighted by Crippen LogP contribution is -2.24. The summed E-state index contributed by atoms with van der Waals surface area (Å²) in [5.41, 5.74) is 8.81. The van der Waals surface area contributed by atoms with Crippen molar-refractivity contribution in [3.05, 3.63) is 23.8 Å². The molecule has 0 aromatic heterocycles. The Labute approximate surface area is 116 Å². The van der Waals surface area contributed by atoms with Gasteiger partial charge in [-0.25, -0.2) is 0 Å². The van der Waals surface area contributed by atoms with Crippen molar-refractivity contribution in [1.82, 2.24) is 0 Å². The predicted molar refractivity (Wildman–Crippen MR) is 80.0 cm³/mol. The topological polar surface area (TPSA) is 53.0 Å². The van der Waals surface area contributed by atoms with E-state index in [1.165, 1.54) is 31.4 Å². The maximum absolute atomic E-state index is 8.84. The molecule has 0 aliphatic carbocycles. The second-order valence-electron chi connectivity index (χ2n) is 5.41. The van der Waals surface area contributed by atoms with Gasteiger partial charge >= 0.3 is 0 Å². The van der Waals surface area contributed by atoms with E-state index >= 15 is 0 Å². The minimum absolute atomic E-state index is 0.394. The van der Waals surface area contributed by atoms with Gasteiger partial charge in [-0.15, -0.1) is 0 Å². The van der Waals surface area contributed by atoms with Gasteiger partial charge in [0.15, 0.2) is 0 Å². The molecule has 2 rings (SSSR count). The first-order chi connectivity index (χ1) is 9.24. The molecule has 1 atom stereocenters. The van der Waals surface area contributed by atoms with Gasteiger partial charge in [0.05, 0.1) is 12.5 Å². The van der Waals surface area contributed by atoms with E-state index in [0.717, 1.165) is 30.3 Å². The van der Waals surface area contributed by atoms with Crippen molar-refractivity contribution in [3.63, 3.8) is 0 Å². The maximum atomic E-state index is 8.84. The van der Waals surface area contributed by atoms with Crippen LogP contribution in [0.1, 0.15) is 38.2 Å². The lowest BCUT2D eigenvalue weighted by Gasteiger charge is -2.23. The molecule has 19 heavy (non-hydrogen) atoms. The van der Waals surface area contributed by atoms with Crippen LogP contribution >= 0.6 is 0 Å². The fourth-order valence-corrected chi connectivity index (χ4v) is 2.86. The Morgan fingerprint density at radius 3 is 2.95 bits per heavy atom. The predicted octanol–water partition coefficient (Wildman–Crippen LogP) is 3.35. The van der Waals surface area contributed by atoms with Crippen LogP contribution in [0.2, 0.25) is 0 Å². The summed E-state index contributed by atoms with van der Waals surface area (Å²) >= 11 is 0. The quantitative estimate of drug-likeness (QED) is 0.845. The summed E-state index contributed by atoms with van der Waals surface area (Å²) in [6.07, 6.45) is 5.55. The smallest absolute Gasteiger partial charge is 0.0670 e. The molecule has 102 valence electrons. The van der Waals surface area contributed by atoms with Gasteiger partial charge in [0.2, 0.25) is 0 Å². The molecule has 1 aliphatic heterocycles. The summed E-state index contributed by atoms with van der Waals surface area (Å²) in [4.78, 5) is 2.44. The van der Waals surface area contributed by atoms with Crippen LogP contribution in [0, 0.1) is 17.2 Å². The van der Waals surface area contributed by atoms with Crippen molar-refractivity contribution < 1.29 is 0 Å². The number of hydrogen-bond donors (Lipinski definition) is 1. The highest BCUT2D eigenvalue weighted by Crippen LogP contribution is 2.26. The molecular formula is C16H23N3. The van der Waals surface area contributed by atoms with Gasteiger partial charge < -0.3 is 10.6 Å². The molecule has 1 aliphatic rings. The largest absolute Gasteiger partial charge is 0.398 e. The second kappa shape index (κ2) is 6.47. The molecule has 0 saturated carbocycles. The Kier molecular flexibility index (Phi) is 4.68. The van der Waals surface area contributed by atoms with Gasteiger partial charge in [0.25, 0.3) is 0 Å². The third kappa shape index (κ3) is 3.41. The van der Waals surface area contributed by atoms with E-state index in [9.17, 15) is 0 Å². The molecule has 1 saturated heterocycles. The fraction of sp³-hybridized carbons (Fsp3) is 0.562. The second-order valence-corrected chi connectivity index (χ2v) is 5.41. The van der Waals surface area contributed by atoms with E-state index in [1.54, 1.807) is 0 Å². The molecule has 0 spiro atoms. The number of nitrogens with two attached hydrogens (primary N) is 1. The first-order valence-corrected chi connectivity index (χ1v) is 7.25. The van der Waals surface area contributed by atoms with Gasteiger partial charge in [0, 0.05) is 24.5 Å². The Balaban J connectivity index is 2.13. The Bertz CT molecular complexity index is 462. The Hall–Kier alpha value is -1.69. The molecule has 1 unspecified atom stereocenters. The third-order valence-electron chi connectivity index (χ3n) is 4.19. The zero-order chi connectivity index (χ0) is 13.7. The van der Waals surface area contributed by atoms with Crippen LogP contribution in [0.5, 0.6) is 0 Å². The molecule has 3 heteroatoms. The SMILES string of the molecule is CCC1CCCN(c2ccc(N)c(CC#N)c2)CC1. The van der Waals surface area contributed by atoms with Gasteiger partial charge in [-0.3, -0.25) is 0 Å². The third-order valence-corrected chi connectivity index (χ3v) is 4.19. The van der Waals surface area contributed by atoms with Gasteiger partial charge in [-0.1, -0.05) is 13.3 Å². The van der Waals surface area contributed by atoms with Crippen LogP contribution in [-0.4, -0.2) is 13.1 Å². The van der Waals surface area contributed by atoms with E-state index in [0.29, 0.717) is 6.42 Å². The molecule has 1 fully saturated rings. The molecule has 2 N–H and O–H groups in total. The van der Waals surface area contributed by atoms with E-state index < -0.39 is 0 Å². The normalized spacial score (nSPS) is 19.8. The van der Waals surface area contributed by atoms with Crippen LogP contribution < -0.4 is 10.6 Å². The molecule has 3 nitrogen and oxygen atoms in total. The minimum Gasteiger partial charge on any atom is -0.398 e. The number of nitrogen functional groups attached to an aromatic ring is 1. The average Bonchev–Trinajstić information content (AvgIpc) is 2.67. The first kappa shape index (κ1) is 13.7. The number of rotatable bonds is 3. The number of benzene rings is 1. The molecule has 1 aromatic carbocycles. The summed E-state index contributed by atoms with van der Waals surface area (Å²) in [7, 11) is 0. The monoisotopic (exact) mass is 257 g/mol. The van der Waals surface area contributed by atoms with Crippen molar-refractivity contribution in [1.29, 1.82) is 5.26 Å². The zero-order valence-corrected chi connectivity index (χ0v) is 11.7. The van der Waals surface area contributed by atoms with E-state index in [-0.39, 0.29) is 0 Å². The van der Waals surface area contributed by atoms with E-state index in [1.807, 2.05) is 6.07 Å². The maximum Gasteiger partial charge on any atom is 0.0670 e. The van der Waals surface area contributed by atoms with Crippen LogP contribution in [0.3, 0.4) is 0 Å². The zero-order valence-electron chi connectivity index (χ0n) is 11.7. The molecule has 1 aromatic rings. The van der Waals surface area contributed by atoms with Gasteiger partial charge in [-0.05, 0) is 48.9 Å². The highest BCUT2D eigenvalue weighted by molar-refractivity contribution is 5.59. The average molecular weight is 257 g/mol. The van der Waals surface area contributed by atoms with Gasteiger partial charge in [-0.2, -0.15) is 5.26 Å². The molecule has 1 heterocycles. The van der Waals surface area contributed by atoms with Crippen molar-refractivity contribution in [3.8, 4) is 6.07 Å². The summed E-state index contributed by atoms with van der Waals surface area (Å²) in [6.45, 7) is 4.52. The summed E-state index contributed by atoms with van der Waals surface area (Å²) < 4.78 is 0. The van der Waals surface area contributed by atoms with Crippen LogP contribution in [0.25, 0.3) is 0 Å². The molecule has 0 radical (unpaired) electrons. The molecular weight excluding hydrogens is 234 g/mol. The fourth-order valence-electron chi connectivity index (χ4n) is 2.86. The van der Waals surface area contributed by atoms with Crippen molar-refractivity contribution in [2.45, 2.75) is 39.0 Å². The Morgan fingerprint density at radius 2 is 2.21 bits per heavy atom. The van der Waals surface area contributed by atoms with E-state index in [4.69, 9.17) is 11.0 Å². The minimum atomic E-state index is 0.394. The first-order valence-electron chi connectivity index (χ1n) is 7.25. The van der Waals surface area contributed by atoms with Crippen LogP contribution in [0.15, 0.2) is 18.2 Å². The number of anilines is 2. The molecule has 0 bridgehead atoms. The van der Waals surface area contributed by atoms with Crippen LogP contribution in [-0.2, 0) is 6.42 Å².